The van der Waals surface area contributed by atoms with Crippen LogP contribution in [0.25, 0.3) is 21.5 Å². The summed E-state index contributed by atoms with van der Waals surface area (Å²) in [5.74, 6) is -1.77. The molecule has 13 nitrogen and oxygen atoms in total. The van der Waals surface area contributed by atoms with Crippen LogP contribution in [0.4, 0.5) is 11.4 Å². The molecule has 3 aliphatic rings. The van der Waals surface area contributed by atoms with Gasteiger partial charge in [-0.2, -0.15) is 21.4 Å². The van der Waals surface area contributed by atoms with Crippen molar-refractivity contribution in [2.45, 2.75) is 108 Å². The second-order valence-electron chi connectivity index (χ2n) is 17.2. The highest BCUT2D eigenvalue weighted by Crippen LogP contribution is 2.51. The number of hydrogen-bond acceptors (Lipinski definition) is 9. The van der Waals surface area contributed by atoms with Crippen LogP contribution in [-0.2, 0) is 50.3 Å². The van der Waals surface area contributed by atoms with Crippen molar-refractivity contribution in [3.8, 4) is 0 Å². The number of likely N-dealkylation sites (N-methyl/N-ethyl adjacent to an activating group) is 1. The van der Waals surface area contributed by atoms with Crippen molar-refractivity contribution in [3.63, 3.8) is 0 Å². The van der Waals surface area contributed by atoms with Gasteiger partial charge in [0.15, 0.2) is 5.71 Å². The fourth-order valence-corrected chi connectivity index (χ4v) is 10.9. The smallest absolute Gasteiger partial charge is 0.333 e. The molecule has 0 atom stereocenters. The van der Waals surface area contributed by atoms with E-state index in [0.717, 1.165) is 24.0 Å². The Labute approximate surface area is 362 Å². The second-order valence-corrected chi connectivity index (χ2v) is 20.1. The maximum Gasteiger partial charge on any atom is 0.333 e. The molecule has 2 amide bonds. The minimum absolute atomic E-state index is 0.00565. The lowest BCUT2D eigenvalue weighted by Crippen LogP contribution is -2.31. The van der Waals surface area contributed by atoms with Crippen LogP contribution >= 0.6 is 0 Å². The highest BCUT2D eigenvalue weighted by molar-refractivity contribution is 7.86. The van der Waals surface area contributed by atoms with Gasteiger partial charge in [0.1, 0.15) is 11.4 Å². The van der Waals surface area contributed by atoms with E-state index in [1.54, 1.807) is 6.07 Å². The van der Waals surface area contributed by atoms with E-state index in [9.17, 15) is 40.3 Å². The van der Waals surface area contributed by atoms with Gasteiger partial charge in [-0.15, -0.1) is 5.06 Å². The molecule has 15 heteroatoms. The molecule has 0 spiro atoms. The molecule has 1 fully saturated rings. The van der Waals surface area contributed by atoms with Crippen LogP contribution in [0.2, 0.25) is 0 Å². The van der Waals surface area contributed by atoms with Gasteiger partial charge in [-0.25, -0.2) is 4.79 Å². The van der Waals surface area contributed by atoms with Crippen molar-refractivity contribution in [1.29, 1.82) is 0 Å². The number of hydrogen-bond donors (Lipinski definition) is 2. The molecule has 3 aliphatic heterocycles. The average molecular weight is 883 g/mol. The molecule has 62 heavy (non-hydrogen) atoms. The number of aryl methyl sites for hydroxylation is 2. The Morgan fingerprint density at radius 1 is 0.790 bits per heavy atom. The van der Waals surface area contributed by atoms with E-state index < -0.39 is 53.2 Å². The monoisotopic (exact) mass is 882 g/mol. The second kappa shape index (κ2) is 16.3. The Morgan fingerprint density at radius 3 is 2.13 bits per heavy atom. The zero-order chi connectivity index (χ0) is 45.1. The van der Waals surface area contributed by atoms with Crippen molar-refractivity contribution in [2.75, 3.05) is 18.0 Å². The Bertz CT molecular complexity index is 2930. The summed E-state index contributed by atoms with van der Waals surface area (Å²) in [6.07, 6.45) is 11.6. The number of hydroxylamine groups is 2. The SMILES string of the molecule is CCN1C(=CC=CC=CC2=[N+](CCCCCC(=O)ON3C(=O)CCC3=O)c3ccc4c(S(=O)(=O)O)cc(S(=O)(=O)O)cc4c3C2(C)C)C(C)(C)c2c1ccc1c(C)cc(C)cc21. The van der Waals surface area contributed by atoms with E-state index in [2.05, 4.69) is 74.4 Å². The van der Waals surface area contributed by atoms with E-state index in [0.29, 0.717) is 42.1 Å². The number of fused-ring (bicyclic) bond motifs is 6. The number of anilines is 1. The topological polar surface area (TPSA) is 179 Å². The van der Waals surface area contributed by atoms with Crippen LogP contribution < -0.4 is 4.90 Å². The van der Waals surface area contributed by atoms with Gasteiger partial charge in [0, 0.05) is 72.1 Å². The minimum Gasteiger partial charge on any atom is -0.344 e. The first-order valence-corrected chi connectivity index (χ1v) is 23.6. The summed E-state index contributed by atoms with van der Waals surface area (Å²) >= 11 is 0. The van der Waals surface area contributed by atoms with Crippen molar-refractivity contribution in [2.24, 2.45) is 0 Å². The predicted octanol–water partition coefficient (Wildman–Crippen LogP) is 8.46. The maximum absolute atomic E-state index is 12.6. The summed E-state index contributed by atoms with van der Waals surface area (Å²) in [7, 11) is -9.80. The van der Waals surface area contributed by atoms with Gasteiger partial charge in [-0.1, -0.05) is 55.8 Å². The Hall–Kier alpha value is -5.48. The molecule has 4 aromatic rings. The number of carbonyl (C=O) groups excluding carboxylic acids is 3. The molecule has 3 heterocycles. The number of allylic oxidation sites excluding steroid dienone is 6. The van der Waals surface area contributed by atoms with Crippen molar-refractivity contribution in [1.82, 2.24) is 5.06 Å². The number of benzene rings is 4. The molecule has 4 aromatic carbocycles. The van der Waals surface area contributed by atoms with Crippen LogP contribution in [0.1, 0.15) is 95.4 Å². The number of amides is 2. The van der Waals surface area contributed by atoms with E-state index in [-0.39, 0.29) is 35.4 Å². The molecular formula is C47H52N3O10S2+. The van der Waals surface area contributed by atoms with Gasteiger partial charge in [-0.3, -0.25) is 18.7 Å². The molecule has 2 N–H and O–H groups in total. The summed E-state index contributed by atoms with van der Waals surface area (Å²) in [6, 6.07) is 14.1. The average Bonchev–Trinajstić information content (AvgIpc) is 3.70. The van der Waals surface area contributed by atoms with Crippen molar-refractivity contribution in [3.05, 3.63) is 107 Å². The fraction of sp³-hybridized carbons (Fsp3) is 0.362. The molecule has 0 unspecified atom stereocenters. The predicted molar refractivity (Wildman–Crippen MR) is 238 cm³/mol. The summed E-state index contributed by atoms with van der Waals surface area (Å²) in [5, 5.41) is 3.36. The summed E-state index contributed by atoms with van der Waals surface area (Å²) < 4.78 is 72.3. The Kier molecular flexibility index (Phi) is 11.7. The van der Waals surface area contributed by atoms with Gasteiger partial charge < -0.3 is 9.74 Å². The Morgan fingerprint density at radius 2 is 1.47 bits per heavy atom. The quantitative estimate of drug-likeness (QED) is 0.0433. The molecule has 0 saturated carbocycles. The largest absolute Gasteiger partial charge is 0.344 e. The number of unbranched alkanes of at least 4 members (excludes halogenated alkanes) is 2. The third-order valence-electron chi connectivity index (χ3n) is 12.3. The van der Waals surface area contributed by atoms with E-state index >= 15 is 0 Å². The van der Waals surface area contributed by atoms with E-state index in [1.165, 1.54) is 45.3 Å². The lowest BCUT2D eigenvalue weighted by Gasteiger charge is -2.26. The van der Waals surface area contributed by atoms with Crippen LogP contribution in [0.3, 0.4) is 0 Å². The van der Waals surface area contributed by atoms with Gasteiger partial charge in [0.2, 0.25) is 5.69 Å². The van der Waals surface area contributed by atoms with Crippen LogP contribution in [-0.4, -0.2) is 72.2 Å². The third-order valence-corrected chi connectivity index (χ3v) is 14.0. The van der Waals surface area contributed by atoms with E-state index in [4.69, 9.17) is 4.84 Å². The normalized spacial score (nSPS) is 18.1. The zero-order valence-corrected chi connectivity index (χ0v) is 37.6. The fourth-order valence-electron chi connectivity index (χ4n) is 9.53. The van der Waals surface area contributed by atoms with Crippen LogP contribution in [0.15, 0.2) is 94.4 Å². The molecule has 326 valence electrons. The molecular weight excluding hydrogens is 831 g/mol. The number of imide groups is 1. The Balaban J connectivity index is 1.22. The molecule has 0 aliphatic carbocycles. The number of nitrogens with zero attached hydrogens (tertiary/aromatic N) is 3. The first-order valence-electron chi connectivity index (χ1n) is 20.7. The van der Waals surface area contributed by atoms with E-state index in [1.807, 2.05) is 38.2 Å². The first-order chi connectivity index (χ1) is 29.1. The molecule has 0 radical (unpaired) electrons. The maximum atomic E-state index is 12.6. The van der Waals surface area contributed by atoms with Crippen molar-refractivity contribution < 1.29 is 49.7 Å². The van der Waals surface area contributed by atoms with Gasteiger partial charge >= 0.3 is 5.97 Å². The molecule has 0 bridgehead atoms. The standard InChI is InChI=1S/C47H51N3O10S2/c1-8-48-36-20-18-32-30(3)25-29(2)26-34(32)44(36)46(4,5)39(48)15-11-9-12-16-40-47(6,7)45-35-27-31(61(54,55)56)28-38(62(57,58)59)33(35)19-21-37(45)49(40)24-14-10-13-17-43(53)60-50-41(51)22-23-42(50)52/h9,11-12,15-16,18-21,25-28H,8,10,13-14,17,22-24H2,1-7H3,(H-,54,55,56,57,58,59)/p+1. The highest BCUT2D eigenvalue weighted by atomic mass is 32.2. The molecule has 1 saturated heterocycles. The van der Waals surface area contributed by atoms with Gasteiger partial charge in [0.25, 0.3) is 32.1 Å². The zero-order valence-electron chi connectivity index (χ0n) is 36.0. The summed E-state index contributed by atoms with van der Waals surface area (Å²) in [4.78, 5) is 42.3. The summed E-state index contributed by atoms with van der Waals surface area (Å²) in [6.45, 7) is 16.0. The summed E-state index contributed by atoms with van der Waals surface area (Å²) in [5.41, 5.74) is 7.06. The lowest BCUT2D eigenvalue weighted by atomic mass is 9.79. The molecule has 0 aromatic heterocycles. The number of rotatable bonds is 13. The van der Waals surface area contributed by atoms with Gasteiger partial charge in [-0.05, 0) is 105 Å². The molecule has 7 rings (SSSR count). The minimum atomic E-state index is -4.92. The number of carbonyl (C=O) groups is 3. The highest BCUT2D eigenvalue weighted by Gasteiger charge is 2.46. The lowest BCUT2D eigenvalue weighted by molar-refractivity contribution is -0.438. The van der Waals surface area contributed by atoms with Gasteiger partial charge in [0.05, 0.1) is 10.3 Å². The van der Waals surface area contributed by atoms with Crippen molar-refractivity contribution >= 4 is 76.7 Å². The third kappa shape index (κ3) is 8.02. The van der Waals surface area contributed by atoms with Crippen LogP contribution in [0, 0.1) is 13.8 Å². The first kappa shape index (κ1) is 44.6. The van der Waals surface area contributed by atoms with Crippen LogP contribution in [0.5, 0.6) is 0 Å².